The summed E-state index contributed by atoms with van der Waals surface area (Å²) in [7, 11) is 0. The molecule has 0 spiro atoms. The fourth-order valence-corrected chi connectivity index (χ4v) is 3.12. The number of amides is 2. The molecular formula is C24H32N2O2. The minimum atomic E-state index is -0.0624. The molecular weight excluding hydrogens is 348 g/mol. The first-order valence-electron chi connectivity index (χ1n) is 10.2. The third-order valence-electron chi connectivity index (χ3n) is 4.81. The van der Waals surface area contributed by atoms with E-state index in [1.54, 1.807) is 0 Å². The summed E-state index contributed by atoms with van der Waals surface area (Å²) in [5, 5.41) is 5.97. The zero-order valence-electron chi connectivity index (χ0n) is 17.0. The van der Waals surface area contributed by atoms with Crippen molar-refractivity contribution < 1.29 is 9.59 Å². The Morgan fingerprint density at radius 2 is 1.04 bits per heavy atom. The van der Waals surface area contributed by atoms with Gasteiger partial charge in [-0.3, -0.25) is 9.59 Å². The summed E-state index contributed by atoms with van der Waals surface area (Å²) in [6.07, 6.45) is 4.10. The van der Waals surface area contributed by atoms with Gasteiger partial charge in [0, 0.05) is 24.9 Å². The Labute approximate surface area is 168 Å². The molecule has 4 nitrogen and oxygen atoms in total. The molecule has 2 unspecified atom stereocenters. The quantitative estimate of drug-likeness (QED) is 0.618. The Hall–Kier alpha value is -2.62. The first-order chi connectivity index (χ1) is 13.5. The molecule has 0 fully saturated rings. The van der Waals surface area contributed by atoms with Crippen LogP contribution in [0.4, 0.5) is 0 Å². The topological polar surface area (TPSA) is 58.2 Å². The zero-order valence-corrected chi connectivity index (χ0v) is 17.0. The van der Waals surface area contributed by atoms with Gasteiger partial charge in [0.15, 0.2) is 0 Å². The van der Waals surface area contributed by atoms with Gasteiger partial charge in [-0.2, -0.15) is 0 Å². The van der Waals surface area contributed by atoms with E-state index in [1.165, 1.54) is 11.1 Å². The lowest BCUT2D eigenvalue weighted by molar-refractivity contribution is -0.127. The molecule has 0 bridgehead atoms. The normalized spacial score (nSPS) is 12.8. The van der Waals surface area contributed by atoms with Gasteiger partial charge in [-0.1, -0.05) is 60.7 Å². The average Bonchev–Trinajstić information content (AvgIpc) is 2.71. The lowest BCUT2D eigenvalue weighted by Gasteiger charge is -2.15. The summed E-state index contributed by atoms with van der Waals surface area (Å²) in [4.78, 5) is 24.1. The van der Waals surface area contributed by atoms with Gasteiger partial charge in [-0.05, 0) is 50.7 Å². The molecule has 2 aromatic rings. The number of benzene rings is 2. The van der Waals surface area contributed by atoms with Gasteiger partial charge in [0.2, 0.25) is 11.8 Å². The molecule has 2 rings (SSSR count). The highest BCUT2D eigenvalue weighted by atomic mass is 16.2. The van der Waals surface area contributed by atoms with E-state index in [-0.39, 0.29) is 36.7 Å². The van der Waals surface area contributed by atoms with Crippen LogP contribution in [0.3, 0.4) is 0 Å². The number of hydrogen-bond acceptors (Lipinski definition) is 2. The highest BCUT2D eigenvalue weighted by Gasteiger charge is 2.12. The number of aryl methyl sites for hydroxylation is 2. The Balaban J connectivity index is 1.58. The van der Waals surface area contributed by atoms with Crippen LogP contribution in [0, 0.1) is 0 Å². The Bertz CT molecular complexity index is 652. The Morgan fingerprint density at radius 3 is 1.39 bits per heavy atom. The monoisotopic (exact) mass is 380 g/mol. The van der Waals surface area contributed by atoms with E-state index in [9.17, 15) is 9.59 Å². The molecule has 0 saturated heterocycles. The van der Waals surface area contributed by atoms with Crippen molar-refractivity contribution in [2.75, 3.05) is 0 Å². The number of nitrogens with one attached hydrogen (secondary N) is 2. The predicted molar refractivity (Wildman–Crippen MR) is 114 cm³/mol. The lowest BCUT2D eigenvalue weighted by atomic mass is 10.1. The third kappa shape index (κ3) is 8.85. The summed E-state index contributed by atoms with van der Waals surface area (Å²) in [5.74, 6) is -0.125. The first-order valence-corrected chi connectivity index (χ1v) is 10.2. The van der Waals surface area contributed by atoms with E-state index in [0.717, 1.165) is 25.7 Å². The molecule has 2 aromatic carbocycles. The van der Waals surface area contributed by atoms with Gasteiger partial charge in [-0.15, -0.1) is 0 Å². The van der Waals surface area contributed by atoms with Gasteiger partial charge in [0.05, 0.1) is 0 Å². The zero-order chi connectivity index (χ0) is 20.2. The Morgan fingerprint density at radius 1 is 0.679 bits per heavy atom. The summed E-state index contributed by atoms with van der Waals surface area (Å²) in [6, 6.07) is 20.7. The van der Waals surface area contributed by atoms with Crippen molar-refractivity contribution in [1.82, 2.24) is 10.6 Å². The van der Waals surface area contributed by atoms with Gasteiger partial charge in [0.25, 0.3) is 0 Å². The second-order valence-corrected chi connectivity index (χ2v) is 7.49. The van der Waals surface area contributed by atoms with Crippen molar-refractivity contribution in [1.29, 1.82) is 0 Å². The number of carbonyl (C=O) groups excluding carboxylic acids is 2. The van der Waals surface area contributed by atoms with Crippen LogP contribution in [0.2, 0.25) is 0 Å². The van der Waals surface area contributed by atoms with Crippen LogP contribution in [-0.2, 0) is 22.4 Å². The lowest BCUT2D eigenvalue weighted by Crippen LogP contribution is -2.36. The second-order valence-electron chi connectivity index (χ2n) is 7.49. The smallest absolute Gasteiger partial charge is 0.220 e. The molecule has 0 radical (unpaired) electrons. The minimum absolute atomic E-state index is 0.0624. The van der Waals surface area contributed by atoms with Crippen molar-refractivity contribution in [3.63, 3.8) is 0 Å². The van der Waals surface area contributed by atoms with Gasteiger partial charge >= 0.3 is 0 Å². The van der Waals surface area contributed by atoms with Crippen molar-refractivity contribution >= 4 is 11.8 Å². The standard InChI is InChI=1S/C24H32N2O2/c1-19(13-15-21-9-5-3-6-10-21)25-23(27)17-18-24(28)26-20(2)14-16-22-11-7-4-8-12-22/h3-12,19-20H,13-18H2,1-2H3,(H,25,27)(H,26,28). The summed E-state index contributed by atoms with van der Waals surface area (Å²) >= 11 is 0. The molecule has 0 aromatic heterocycles. The minimum Gasteiger partial charge on any atom is -0.354 e. The van der Waals surface area contributed by atoms with E-state index in [2.05, 4.69) is 34.9 Å². The molecule has 0 saturated carbocycles. The van der Waals surface area contributed by atoms with Crippen molar-refractivity contribution in [3.05, 3.63) is 71.8 Å². The Kier molecular flexibility index (Phi) is 9.26. The summed E-state index contributed by atoms with van der Waals surface area (Å²) < 4.78 is 0. The molecule has 2 atom stereocenters. The number of rotatable bonds is 11. The SMILES string of the molecule is CC(CCc1ccccc1)NC(=O)CCC(=O)NC(C)CCc1ccccc1. The van der Waals surface area contributed by atoms with Crippen molar-refractivity contribution in [2.45, 2.75) is 64.5 Å². The van der Waals surface area contributed by atoms with E-state index >= 15 is 0 Å². The average molecular weight is 381 g/mol. The second kappa shape index (κ2) is 12.0. The molecule has 0 aliphatic rings. The number of carbonyl (C=O) groups is 2. The van der Waals surface area contributed by atoms with Crippen LogP contribution in [0.1, 0.15) is 50.7 Å². The van der Waals surface area contributed by atoms with Crippen molar-refractivity contribution in [3.8, 4) is 0 Å². The van der Waals surface area contributed by atoms with E-state index in [1.807, 2.05) is 50.2 Å². The van der Waals surface area contributed by atoms with Crippen LogP contribution < -0.4 is 10.6 Å². The highest BCUT2D eigenvalue weighted by molar-refractivity contribution is 5.83. The van der Waals surface area contributed by atoms with Crippen molar-refractivity contribution in [2.24, 2.45) is 0 Å². The summed E-state index contributed by atoms with van der Waals surface area (Å²) in [6.45, 7) is 4.01. The molecule has 28 heavy (non-hydrogen) atoms. The van der Waals surface area contributed by atoms with Crippen LogP contribution in [0.5, 0.6) is 0 Å². The maximum absolute atomic E-state index is 12.1. The molecule has 0 aliphatic heterocycles. The first kappa shape index (κ1) is 21.7. The number of hydrogen-bond donors (Lipinski definition) is 2. The fourth-order valence-electron chi connectivity index (χ4n) is 3.12. The predicted octanol–water partition coefficient (Wildman–Crippen LogP) is 4.04. The van der Waals surface area contributed by atoms with E-state index < -0.39 is 0 Å². The summed E-state index contributed by atoms with van der Waals surface area (Å²) in [5.41, 5.74) is 2.54. The largest absolute Gasteiger partial charge is 0.354 e. The molecule has 4 heteroatoms. The van der Waals surface area contributed by atoms with Crippen LogP contribution in [0.15, 0.2) is 60.7 Å². The van der Waals surface area contributed by atoms with Crippen LogP contribution >= 0.6 is 0 Å². The van der Waals surface area contributed by atoms with Crippen LogP contribution in [0.25, 0.3) is 0 Å². The molecule has 0 heterocycles. The third-order valence-corrected chi connectivity index (χ3v) is 4.81. The molecule has 2 amide bonds. The highest BCUT2D eigenvalue weighted by Crippen LogP contribution is 2.06. The molecule has 2 N–H and O–H groups in total. The van der Waals surface area contributed by atoms with Gasteiger partial charge < -0.3 is 10.6 Å². The van der Waals surface area contributed by atoms with E-state index in [4.69, 9.17) is 0 Å². The molecule has 150 valence electrons. The van der Waals surface area contributed by atoms with Crippen LogP contribution in [-0.4, -0.2) is 23.9 Å². The maximum Gasteiger partial charge on any atom is 0.220 e. The van der Waals surface area contributed by atoms with Gasteiger partial charge in [0.1, 0.15) is 0 Å². The fraction of sp³-hybridized carbons (Fsp3) is 0.417. The van der Waals surface area contributed by atoms with Gasteiger partial charge in [-0.25, -0.2) is 0 Å². The maximum atomic E-state index is 12.1. The molecule has 0 aliphatic carbocycles. The van der Waals surface area contributed by atoms with E-state index in [0.29, 0.717) is 0 Å².